The lowest BCUT2D eigenvalue weighted by Crippen LogP contribution is -2.30. The van der Waals surface area contributed by atoms with E-state index in [4.69, 9.17) is 21.1 Å². The van der Waals surface area contributed by atoms with Crippen LogP contribution in [-0.2, 0) is 14.3 Å². The zero-order valence-corrected chi connectivity index (χ0v) is 16.3. The normalized spacial score (nSPS) is 17.3. The Labute approximate surface area is 168 Å². The number of rotatable bonds is 6. The molecule has 2 aromatic carbocycles. The first-order chi connectivity index (χ1) is 13.4. The van der Waals surface area contributed by atoms with Crippen LogP contribution >= 0.6 is 11.6 Å². The molecule has 0 aromatic heterocycles. The first-order valence-electron chi connectivity index (χ1n) is 8.83. The van der Waals surface area contributed by atoms with E-state index in [-0.39, 0.29) is 24.7 Å². The molecule has 1 amide bonds. The first-order valence-corrected chi connectivity index (χ1v) is 9.21. The Bertz CT molecular complexity index is 896. The second-order valence-electron chi connectivity index (χ2n) is 6.56. The first kappa shape index (κ1) is 19.9. The number of hydrogen-bond acceptors (Lipinski definition) is 5. The van der Waals surface area contributed by atoms with Gasteiger partial charge in [-0.2, -0.15) is 0 Å². The van der Waals surface area contributed by atoms with E-state index in [9.17, 15) is 14.4 Å². The molecule has 1 saturated heterocycles. The van der Waals surface area contributed by atoms with Gasteiger partial charge in [-0.15, -0.1) is 0 Å². The summed E-state index contributed by atoms with van der Waals surface area (Å²) in [6.45, 7) is 1.72. The summed E-state index contributed by atoms with van der Waals surface area (Å²) in [5.74, 6) is -1.06. The van der Waals surface area contributed by atoms with E-state index in [0.717, 1.165) is 0 Å². The Morgan fingerprint density at radius 1 is 1.18 bits per heavy atom. The fourth-order valence-electron chi connectivity index (χ4n) is 3.07. The minimum atomic E-state index is -0.949. The Balaban J connectivity index is 1.64. The minimum absolute atomic E-state index is 0.0396. The second kappa shape index (κ2) is 8.44. The van der Waals surface area contributed by atoms with Gasteiger partial charge in [-0.1, -0.05) is 17.7 Å². The van der Waals surface area contributed by atoms with Crippen LogP contribution in [0.25, 0.3) is 0 Å². The number of hydrogen-bond donors (Lipinski definition) is 0. The predicted molar refractivity (Wildman–Crippen MR) is 105 cm³/mol. The monoisotopic (exact) mass is 401 g/mol. The Morgan fingerprint density at radius 2 is 1.89 bits per heavy atom. The van der Waals surface area contributed by atoms with Crippen molar-refractivity contribution in [2.24, 2.45) is 5.92 Å². The van der Waals surface area contributed by atoms with E-state index in [1.807, 2.05) is 0 Å². The zero-order chi connectivity index (χ0) is 20.3. The van der Waals surface area contributed by atoms with Gasteiger partial charge in [0.05, 0.1) is 13.0 Å². The summed E-state index contributed by atoms with van der Waals surface area (Å²) in [5.41, 5.74) is 1.06. The number of ketones is 1. The molecule has 0 saturated carbocycles. The summed E-state index contributed by atoms with van der Waals surface area (Å²) in [7, 11) is 1.55. The van der Waals surface area contributed by atoms with Gasteiger partial charge in [0.1, 0.15) is 5.75 Å². The van der Waals surface area contributed by atoms with Crippen molar-refractivity contribution < 1.29 is 23.9 Å². The topological polar surface area (TPSA) is 72.9 Å². The highest BCUT2D eigenvalue weighted by Gasteiger charge is 2.37. The summed E-state index contributed by atoms with van der Waals surface area (Å²) in [5, 5.41) is 0.517. The quantitative estimate of drug-likeness (QED) is 0.547. The largest absolute Gasteiger partial charge is 0.497 e. The van der Waals surface area contributed by atoms with Crippen molar-refractivity contribution in [3.8, 4) is 5.75 Å². The number of halogens is 1. The maximum absolute atomic E-state index is 12.5. The number of methoxy groups -OCH3 is 1. The van der Waals surface area contributed by atoms with E-state index in [1.54, 1.807) is 55.6 Å². The standard InChI is InChI=1S/C21H20ClNO5/c1-13(20(25)14-6-8-16(22)9-7-14)28-21(26)15-10-19(24)23(12-15)17-4-3-5-18(11-17)27-2/h3-9,11,13,15H,10,12H2,1-2H3/t13-,15+/m1/s1. The lowest BCUT2D eigenvalue weighted by atomic mass is 10.1. The van der Waals surface area contributed by atoms with E-state index in [2.05, 4.69) is 0 Å². The van der Waals surface area contributed by atoms with E-state index in [0.29, 0.717) is 22.0 Å². The SMILES string of the molecule is COc1cccc(N2C[C@@H](C(=O)O[C@H](C)C(=O)c3ccc(Cl)cc3)CC2=O)c1. The van der Waals surface area contributed by atoms with Crippen LogP contribution in [0.1, 0.15) is 23.7 Å². The van der Waals surface area contributed by atoms with Crippen molar-refractivity contribution in [1.29, 1.82) is 0 Å². The molecule has 6 nitrogen and oxygen atoms in total. The smallest absolute Gasteiger partial charge is 0.312 e. The molecule has 1 fully saturated rings. The number of amides is 1. The Kier molecular flexibility index (Phi) is 5.99. The average Bonchev–Trinajstić information content (AvgIpc) is 3.10. The molecule has 0 N–H and O–H groups in total. The number of nitrogens with zero attached hydrogens (tertiary/aromatic N) is 1. The van der Waals surface area contributed by atoms with Gasteiger partial charge in [-0.25, -0.2) is 0 Å². The average molecular weight is 402 g/mol. The van der Waals surface area contributed by atoms with Gasteiger partial charge >= 0.3 is 5.97 Å². The highest BCUT2D eigenvalue weighted by Crippen LogP contribution is 2.28. The lowest BCUT2D eigenvalue weighted by Gasteiger charge is -2.18. The molecule has 28 heavy (non-hydrogen) atoms. The molecule has 0 unspecified atom stereocenters. The van der Waals surface area contributed by atoms with Gasteiger partial charge in [0, 0.05) is 35.3 Å². The fraction of sp³-hybridized carbons (Fsp3) is 0.286. The van der Waals surface area contributed by atoms with Crippen molar-refractivity contribution in [1.82, 2.24) is 0 Å². The Hall–Kier alpha value is -2.86. The van der Waals surface area contributed by atoms with Crippen LogP contribution in [0.5, 0.6) is 5.75 Å². The maximum Gasteiger partial charge on any atom is 0.312 e. The van der Waals surface area contributed by atoms with Crippen LogP contribution in [-0.4, -0.2) is 37.4 Å². The summed E-state index contributed by atoms with van der Waals surface area (Å²) in [6.07, 6.45) is -0.910. The van der Waals surface area contributed by atoms with Gasteiger partial charge in [0.25, 0.3) is 0 Å². The molecular formula is C21H20ClNO5. The van der Waals surface area contributed by atoms with Gasteiger partial charge in [-0.05, 0) is 43.3 Å². The molecule has 0 bridgehead atoms. The lowest BCUT2D eigenvalue weighted by molar-refractivity contribution is -0.151. The van der Waals surface area contributed by atoms with Crippen LogP contribution in [0.4, 0.5) is 5.69 Å². The maximum atomic E-state index is 12.5. The molecule has 0 radical (unpaired) electrons. The van der Waals surface area contributed by atoms with E-state index >= 15 is 0 Å². The molecule has 146 valence electrons. The summed E-state index contributed by atoms with van der Waals surface area (Å²) in [6, 6.07) is 13.4. The van der Waals surface area contributed by atoms with Crippen LogP contribution < -0.4 is 9.64 Å². The van der Waals surface area contributed by atoms with Crippen molar-refractivity contribution >= 4 is 34.9 Å². The predicted octanol–water partition coefficient (Wildman–Crippen LogP) is 3.52. The molecule has 0 spiro atoms. The van der Waals surface area contributed by atoms with Crippen molar-refractivity contribution in [3.05, 3.63) is 59.1 Å². The minimum Gasteiger partial charge on any atom is -0.497 e. The third-order valence-electron chi connectivity index (χ3n) is 4.61. The van der Waals surface area contributed by atoms with Gasteiger partial charge < -0.3 is 14.4 Å². The van der Waals surface area contributed by atoms with Gasteiger partial charge in [0.15, 0.2) is 6.10 Å². The summed E-state index contributed by atoms with van der Waals surface area (Å²) >= 11 is 5.82. The number of anilines is 1. The summed E-state index contributed by atoms with van der Waals surface area (Å²) in [4.78, 5) is 38.8. The van der Waals surface area contributed by atoms with E-state index < -0.39 is 18.0 Å². The molecule has 2 aromatic rings. The molecule has 2 atom stereocenters. The molecule has 7 heteroatoms. The second-order valence-corrected chi connectivity index (χ2v) is 6.99. The third-order valence-corrected chi connectivity index (χ3v) is 4.87. The van der Waals surface area contributed by atoms with Crippen LogP contribution in [0.2, 0.25) is 5.02 Å². The molecule has 3 rings (SSSR count). The van der Waals surface area contributed by atoms with Crippen molar-refractivity contribution in [2.75, 3.05) is 18.6 Å². The van der Waals surface area contributed by atoms with Gasteiger partial charge in [0.2, 0.25) is 11.7 Å². The van der Waals surface area contributed by atoms with Crippen molar-refractivity contribution in [3.63, 3.8) is 0 Å². The highest BCUT2D eigenvalue weighted by atomic mass is 35.5. The van der Waals surface area contributed by atoms with E-state index in [1.165, 1.54) is 11.8 Å². The van der Waals surface area contributed by atoms with Crippen LogP contribution in [0.3, 0.4) is 0 Å². The Morgan fingerprint density at radius 3 is 2.57 bits per heavy atom. The number of benzene rings is 2. The number of Topliss-reactive ketones (excluding diaryl/α,β-unsaturated/α-hetero) is 1. The summed E-state index contributed by atoms with van der Waals surface area (Å²) < 4.78 is 10.5. The zero-order valence-electron chi connectivity index (χ0n) is 15.6. The van der Waals surface area contributed by atoms with Gasteiger partial charge in [-0.3, -0.25) is 14.4 Å². The third kappa shape index (κ3) is 4.34. The number of carbonyl (C=O) groups excluding carboxylic acids is 3. The van der Waals surface area contributed by atoms with Crippen molar-refractivity contribution in [2.45, 2.75) is 19.4 Å². The number of esters is 1. The molecule has 1 aliphatic heterocycles. The van der Waals surface area contributed by atoms with Crippen LogP contribution in [0.15, 0.2) is 48.5 Å². The fourth-order valence-corrected chi connectivity index (χ4v) is 3.19. The number of ether oxygens (including phenoxy) is 2. The molecule has 1 aliphatic rings. The molecule has 1 heterocycles. The molecule has 0 aliphatic carbocycles. The number of carbonyl (C=O) groups is 3. The highest BCUT2D eigenvalue weighted by molar-refractivity contribution is 6.30. The molecular weight excluding hydrogens is 382 g/mol. The van der Waals surface area contributed by atoms with Crippen LogP contribution in [0, 0.1) is 5.92 Å².